The topological polar surface area (TPSA) is 62.0 Å². The highest BCUT2D eigenvalue weighted by atomic mass is 16.3. The Kier molecular flexibility index (Phi) is 9.91. The number of benzene rings is 17. The number of rotatable bonds is 3. The number of aryl methyl sites for hydroxylation is 2. The first-order valence-electron chi connectivity index (χ1n) is 40.5. The number of fused-ring (bicyclic) bond motifs is 44. The smallest absolute Gasteiger partial charge is 0.159 e. The SMILES string of the molecule is Cn1c2ccccc2c2ccc3c4cccc5c6cc7c(cc6n(c54)c3c21)c1cccc2c3ccc4c5cc(-c6ccc8c(c6)oc6c(-n9c%10ccccc%10c%10ccc%11c%12cccc%13c%14cc%15c(cc%14n(c%13%12)c%11c%109)c9cccc%10c%11ccc%12c(c%11n%15c9%10)N(c9cccc%10c9oc9ccccc9%10)CC%12)cccc68)ccc5n(C)c4c3n7c12. The molecule has 0 aliphatic carbocycles. The molecule has 0 atom stereocenters. The van der Waals surface area contributed by atoms with Gasteiger partial charge in [0.2, 0.25) is 0 Å². The molecule has 0 saturated carbocycles. The lowest BCUT2D eigenvalue weighted by Gasteiger charge is -2.21. The van der Waals surface area contributed by atoms with Crippen LogP contribution in [0.1, 0.15) is 5.56 Å². The minimum atomic E-state index is 0.854. The molecule has 0 saturated heterocycles. The first kappa shape index (κ1) is 58.6. The van der Waals surface area contributed by atoms with Crippen molar-refractivity contribution in [2.45, 2.75) is 6.42 Å². The maximum atomic E-state index is 7.44. The van der Waals surface area contributed by atoms with Gasteiger partial charge in [0.1, 0.15) is 11.2 Å². The summed E-state index contributed by atoms with van der Waals surface area (Å²) in [4.78, 5) is 2.54. The Morgan fingerprint density at radius 1 is 0.224 bits per heavy atom. The molecule has 534 valence electrons. The first-order valence-corrected chi connectivity index (χ1v) is 40.5. The van der Waals surface area contributed by atoms with Gasteiger partial charge in [0.25, 0.3) is 0 Å². The number of aromatic nitrogens is 7. The van der Waals surface area contributed by atoms with Crippen LogP contribution in [0.3, 0.4) is 0 Å². The minimum absolute atomic E-state index is 0.854. The van der Waals surface area contributed by atoms with Crippen LogP contribution in [-0.2, 0) is 20.5 Å². The number of para-hydroxylation sites is 9. The van der Waals surface area contributed by atoms with E-state index in [0.29, 0.717) is 0 Å². The highest BCUT2D eigenvalue weighted by Gasteiger charge is 2.34. The molecule has 0 fully saturated rings. The Morgan fingerprint density at radius 2 is 0.578 bits per heavy atom. The zero-order valence-corrected chi connectivity index (χ0v) is 62.5. The van der Waals surface area contributed by atoms with Crippen LogP contribution in [0, 0.1) is 0 Å². The van der Waals surface area contributed by atoms with Crippen molar-refractivity contribution in [2.24, 2.45) is 14.1 Å². The number of hydrogen-bond acceptors (Lipinski definition) is 3. The molecule has 1 aliphatic rings. The van der Waals surface area contributed by atoms with Gasteiger partial charge < -0.3 is 45.0 Å². The lowest BCUT2D eigenvalue weighted by Crippen LogP contribution is -2.14. The summed E-state index contributed by atoms with van der Waals surface area (Å²) in [6.45, 7) is 0.866. The molecule has 0 N–H and O–H groups in total. The molecule has 10 heteroatoms. The quantitative estimate of drug-likeness (QED) is 0.177. The minimum Gasteiger partial charge on any atom is -0.454 e. The van der Waals surface area contributed by atoms with E-state index in [9.17, 15) is 0 Å². The van der Waals surface area contributed by atoms with Crippen LogP contribution in [0.15, 0.2) is 300 Å². The zero-order chi connectivity index (χ0) is 74.6. The molecule has 0 radical (unpaired) electrons. The molecule has 0 bridgehead atoms. The van der Waals surface area contributed by atoms with Gasteiger partial charge in [-0.15, -0.1) is 0 Å². The van der Waals surface area contributed by atoms with E-state index in [1.54, 1.807) is 0 Å². The highest BCUT2D eigenvalue weighted by Crippen LogP contribution is 2.55. The second-order valence-corrected chi connectivity index (χ2v) is 33.3. The standard InChI is InChI=1S/C106H58N8O2/c1-107-82-28-6-3-15-56(82)68-38-40-71-61-19-10-23-65-79-51-89-80(50-88(79)112(95(61)65)101(71)98(68)107)66-24-11-20-62-72-42-43-74-77-47-54(35-44-83(77)108(2)99(74)102(72)113(89)96(62)66)55-34-36-59-76-27-14-31-86(106(76)116-92(59)48-55)110-84-29-7-4-16-57(84)69-39-41-73-63-21-12-25-67-81-49-87-78(52-90(81)114(97(63)67)104(73)103(69)110)64-22-9-18-60-70-37-33-53-45-46-109(93(53)100(70)111(87)94(60)64)85-30-13-26-75-58-17-5-8-32-91(58)115-105(75)85/h3-44,47-52H,45-46H2,1-2H3. The van der Waals surface area contributed by atoms with Gasteiger partial charge in [-0.05, 0) is 102 Å². The van der Waals surface area contributed by atoms with Crippen LogP contribution in [0.4, 0.5) is 11.4 Å². The third-order valence-corrected chi connectivity index (χ3v) is 28.3. The van der Waals surface area contributed by atoms with Gasteiger partial charge in [0.15, 0.2) is 11.2 Å². The van der Waals surface area contributed by atoms with E-state index in [-0.39, 0.29) is 0 Å². The third-order valence-electron chi connectivity index (χ3n) is 28.3. The largest absolute Gasteiger partial charge is 0.454 e. The van der Waals surface area contributed by atoms with Crippen molar-refractivity contribution in [3.8, 4) is 16.8 Å². The Balaban J connectivity index is 0.580. The second-order valence-electron chi connectivity index (χ2n) is 33.3. The van der Waals surface area contributed by atoms with Crippen LogP contribution in [0.5, 0.6) is 0 Å². The summed E-state index contributed by atoms with van der Waals surface area (Å²) in [6, 6.07) is 110. The molecule has 31 rings (SSSR count). The average Bonchev–Trinajstić information content (AvgIpc) is 1.51. The summed E-state index contributed by atoms with van der Waals surface area (Å²) in [6.07, 6.45) is 0.946. The van der Waals surface area contributed by atoms with Crippen LogP contribution < -0.4 is 4.90 Å². The van der Waals surface area contributed by atoms with Gasteiger partial charge in [0.05, 0.1) is 105 Å². The Labute approximate surface area is 654 Å². The summed E-state index contributed by atoms with van der Waals surface area (Å²) in [7, 11) is 4.50. The monoisotopic (exact) mass is 1470 g/mol. The van der Waals surface area contributed by atoms with Gasteiger partial charge in [0, 0.05) is 172 Å². The molecular formula is C106H58N8O2. The van der Waals surface area contributed by atoms with Crippen LogP contribution in [0.25, 0.3) is 278 Å². The van der Waals surface area contributed by atoms with Crippen molar-refractivity contribution in [3.05, 3.63) is 297 Å². The molecule has 30 aromatic rings. The van der Waals surface area contributed by atoms with Gasteiger partial charge >= 0.3 is 0 Å². The van der Waals surface area contributed by atoms with Crippen molar-refractivity contribution in [2.75, 3.05) is 11.4 Å². The molecule has 0 amide bonds. The third kappa shape index (κ3) is 6.51. The van der Waals surface area contributed by atoms with E-state index in [1.165, 1.54) is 218 Å². The van der Waals surface area contributed by atoms with Gasteiger partial charge in [-0.3, -0.25) is 0 Å². The normalized spacial score (nSPS) is 13.7. The van der Waals surface area contributed by atoms with E-state index in [4.69, 9.17) is 8.83 Å². The van der Waals surface area contributed by atoms with E-state index in [1.807, 2.05) is 0 Å². The highest BCUT2D eigenvalue weighted by molar-refractivity contribution is 6.36. The van der Waals surface area contributed by atoms with Crippen LogP contribution >= 0.6 is 0 Å². The van der Waals surface area contributed by atoms with Crippen molar-refractivity contribution >= 4 is 273 Å². The second kappa shape index (κ2) is 19.6. The number of hydrogen-bond donors (Lipinski definition) is 0. The fourth-order valence-corrected chi connectivity index (χ4v) is 23.6. The average molecular weight is 1480 g/mol. The Morgan fingerprint density at radius 3 is 1.16 bits per heavy atom. The van der Waals surface area contributed by atoms with Crippen molar-refractivity contribution in [1.29, 1.82) is 0 Å². The first-order chi connectivity index (χ1) is 57.4. The predicted octanol–water partition coefficient (Wildman–Crippen LogP) is 27.8. The molecule has 116 heavy (non-hydrogen) atoms. The Bertz CT molecular complexity index is 9920. The lowest BCUT2D eigenvalue weighted by molar-refractivity contribution is 0.666. The fraction of sp³-hybridized carbons (Fsp3) is 0.0377. The van der Waals surface area contributed by atoms with Gasteiger partial charge in [-0.1, -0.05) is 212 Å². The zero-order valence-electron chi connectivity index (χ0n) is 62.5. The molecule has 13 aromatic heterocycles. The van der Waals surface area contributed by atoms with Gasteiger partial charge in [-0.2, -0.15) is 0 Å². The predicted molar refractivity (Wildman–Crippen MR) is 485 cm³/mol. The maximum absolute atomic E-state index is 7.44. The van der Waals surface area contributed by atoms with Crippen molar-refractivity contribution < 1.29 is 8.83 Å². The number of nitrogens with zero attached hydrogens (tertiary/aromatic N) is 8. The Hall–Kier alpha value is -15.3. The summed E-state index contributed by atoms with van der Waals surface area (Å²) in [5.41, 5.74) is 32.7. The van der Waals surface area contributed by atoms with E-state index >= 15 is 0 Å². The van der Waals surface area contributed by atoms with E-state index < -0.39 is 0 Å². The number of anilines is 2. The maximum Gasteiger partial charge on any atom is 0.159 e. The molecule has 1 aliphatic heterocycles. The number of furan rings is 2. The molecular weight excluding hydrogens is 1420 g/mol. The molecule has 10 nitrogen and oxygen atoms in total. The summed E-state index contributed by atoms with van der Waals surface area (Å²) in [5.74, 6) is 0. The van der Waals surface area contributed by atoms with E-state index in [0.717, 1.165) is 90.4 Å². The molecule has 17 aromatic carbocycles. The summed E-state index contributed by atoms with van der Waals surface area (Å²) in [5, 5.41) is 32.1. The molecule has 0 unspecified atom stereocenters. The van der Waals surface area contributed by atoms with Crippen molar-refractivity contribution in [3.63, 3.8) is 0 Å². The van der Waals surface area contributed by atoms with Crippen molar-refractivity contribution in [1.82, 2.24) is 31.3 Å². The summed E-state index contributed by atoms with van der Waals surface area (Å²) < 4.78 is 32.0. The van der Waals surface area contributed by atoms with Gasteiger partial charge in [-0.25, -0.2) is 0 Å². The summed E-state index contributed by atoms with van der Waals surface area (Å²) >= 11 is 0. The fourth-order valence-electron chi connectivity index (χ4n) is 23.6. The van der Waals surface area contributed by atoms with E-state index in [2.05, 4.69) is 341 Å². The van der Waals surface area contributed by atoms with Crippen LogP contribution in [-0.4, -0.2) is 37.8 Å². The van der Waals surface area contributed by atoms with Crippen LogP contribution in [0.2, 0.25) is 0 Å². The molecule has 14 heterocycles. The molecule has 0 spiro atoms. The lowest BCUT2D eigenvalue weighted by atomic mass is 10.0.